The van der Waals surface area contributed by atoms with Crippen molar-refractivity contribution in [2.24, 2.45) is 5.92 Å². The number of carbonyl (C=O) groups is 1. The summed E-state index contributed by atoms with van der Waals surface area (Å²) in [4.78, 5) is 16.7. The fourth-order valence-corrected chi connectivity index (χ4v) is 3.05. The van der Waals surface area contributed by atoms with E-state index in [1.807, 2.05) is 13.8 Å². The standard InChI is InChI=1S/C15H28N2O.C2H6/c1-14-7-12-17(13-8-14)15(18)6-5-11-16-9-3-2-4-10-16;1-2/h14H,2-13H2,1H3;1-2H3. The number of amides is 1. The summed E-state index contributed by atoms with van der Waals surface area (Å²) in [5.74, 6) is 1.20. The SMILES string of the molecule is CC.CC1CCN(C(=O)CCCN2CCCCC2)CC1. The zero-order valence-electron chi connectivity index (χ0n) is 13.9. The lowest BCUT2D eigenvalue weighted by Gasteiger charge is -2.31. The molecule has 2 heterocycles. The van der Waals surface area contributed by atoms with E-state index in [9.17, 15) is 4.79 Å². The van der Waals surface area contributed by atoms with E-state index in [2.05, 4.69) is 16.7 Å². The lowest BCUT2D eigenvalue weighted by Crippen LogP contribution is -2.38. The summed E-state index contributed by atoms with van der Waals surface area (Å²) < 4.78 is 0. The minimum Gasteiger partial charge on any atom is -0.343 e. The Labute approximate surface area is 125 Å². The first kappa shape index (κ1) is 17.5. The van der Waals surface area contributed by atoms with Gasteiger partial charge in [0, 0.05) is 19.5 Å². The molecule has 0 atom stereocenters. The topological polar surface area (TPSA) is 23.6 Å². The van der Waals surface area contributed by atoms with Crippen LogP contribution < -0.4 is 0 Å². The molecule has 2 fully saturated rings. The molecule has 3 heteroatoms. The van der Waals surface area contributed by atoms with Crippen LogP contribution in [0.2, 0.25) is 0 Å². The Morgan fingerprint density at radius 1 is 1.00 bits per heavy atom. The molecule has 2 aliphatic heterocycles. The van der Waals surface area contributed by atoms with Crippen LogP contribution in [0.5, 0.6) is 0 Å². The third-order valence-electron chi connectivity index (χ3n) is 4.45. The fraction of sp³-hybridized carbons (Fsp3) is 0.941. The number of nitrogens with zero attached hydrogens (tertiary/aromatic N) is 2. The molecular weight excluding hydrogens is 248 g/mol. The van der Waals surface area contributed by atoms with E-state index in [1.54, 1.807) is 0 Å². The molecule has 0 aliphatic carbocycles. The quantitative estimate of drug-likeness (QED) is 0.787. The summed E-state index contributed by atoms with van der Waals surface area (Å²) in [5, 5.41) is 0. The molecule has 2 saturated heterocycles. The van der Waals surface area contributed by atoms with E-state index in [0.717, 1.165) is 38.4 Å². The average Bonchev–Trinajstić information content (AvgIpc) is 2.51. The predicted octanol–water partition coefficient (Wildman–Crippen LogP) is 3.54. The van der Waals surface area contributed by atoms with E-state index in [-0.39, 0.29) is 0 Å². The minimum atomic E-state index is 0.388. The van der Waals surface area contributed by atoms with E-state index >= 15 is 0 Å². The maximum absolute atomic E-state index is 12.1. The first-order chi connectivity index (χ1) is 9.75. The molecule has 0 saturated carbocycles. The van der Waals surface area contributed by atoms with Gasteiger partial charge in [-0.3, -0.25) is 4.79 Å². The highest BCUT2D eigenvalue weighted by Gasteiger charge is 2.20. The summed E-state index contributed by atoms with van der Waals surface area (Å²) in [7, 11) is 0. The summed E-state index contributed by atoms with van der Waals surface area (Å²) >= 11 is 0. The Hall–Kier alpha value is -0.570. The zero-order chi connectivity index (χ0) is 14.8. The van der Waals surface area contributed by atoms with Crippen molar-refractivity contribution in [1.82, 2.24) is 9.80 Å². The molecule has 0 aromatic carbocycles. The molecule has 0 bridgehead atoms. The first-order valence-corrected chi connectivity index (χ1v) is 8.76. The number of carbonyl (C=O) groups excluding carboxylic acids is 1. The van der Waals surface area contributed by atoms with Gasteiger partial charge in [-0.05, 0) is 57.7 Å². The Kier molecular flexibility index (Phi) is 8.92. The lowest BCUT2D eigenvalue weighted by atomic mass is 9.99. The second kappa shape index (κ2) is 10.2. The van der Waals surface area contributed by atoms with Crippen molar-refractivity contribution < 1.29 is 4.79 Å². The highest BCUT2D eigenvalue weighted by molar-refractivity contribution is 5.76. The van der Waals surface area contributed by atoms with Gasteiger partial charge in [0.05, 0.1) is 0 Å². The molecule has 0 unspecified atom stereocenters. The number of likely N-dealkylation sites (tertiary alicyclic amines) is 2. The van der Waals surface area contributed by atoms with Crippen molar-refractivity contribution in [2.75, 3.05) is 32.7 Å². The van der Waals surface area contributed by atoms with Gasteiger partial charge in [0.15, 0.2) is 0 Å². The molecule has 0 radical (unpaired) electrons. The van der Waals surface area contributed by atoms with Crippen LogP contribution in [0.4, 0.5) is 0 Å². The summed E-state index contributed by atoms with van der Waals surface area (Å²) in [6, 6.07) is 0. The molecule has 20 heavy (non-hydrogen) atoms. The maximum Gasteiger partial charge on any atom is 0.222 e. The van der Waals surface area contributed by atoms with E-state index in [0.29, 0.717) is 5.91 Å². The fourth-order valence-electron chi connectivity index (χ4n) is 3.05. The van der Waals surface area contributed by atoms with Gasteiger partial charge in [0.2, 0.25) is 5.91 Å². The molecule has 0 N–H and O–H groups in total. The molecule has 0 aromatic rings. The van der Waals surface area contributed by atoms with Crippen LogP contribution in [-0.2, 0) is 4.79 Å². The maximum atomic E-state index is 12.1. The van der Waals surface area contributed by atoms with Crippen LogP contribution in [0.15, 0.2) is 0 Å². The van der Waals surface area contributed by atoms with Crippen LogP contribution in [0.3, 0.4) is 0 Å². The van der Waals surface area contributed by atoms with Crippen LogP contribution in [-0.4, -0.2) is 48.4 Å². The van der Waals surface area contributed by atoms with Gasteiger partial charge >= 0.3 is 0 Å². The van der Waals surface area contributed by atoms with Gasteiger partial charge in [-0.25, -0.2) is 0 Å². The smallest absolute Gasteiger partial charge is 0.222 e. The van der Waals surface area contributed by atoms with Crippen LogP contribution in [0, 0.1) is 5.92 Å². The number of hydrogen-bond acceptors (Lipinski definition) is 2. The Morgan fingerprint density at radius 3 is 2.20 bits per heavy atom. The van der Waals surface area contributed by atoms with Crippen molar-refractivity contribution in [3.63, 3.8) is 0 Å². The number of piperidine rings is 2. The first-order valence-electron chi connectivity index (χ1n) is 8.76. The van der Waals surface area contributed by atoms with Crippen molar-refractivity contribution >= 4 is 5.91 Å². The predicted molar refractivity (Wildman–Crippen MR) is 85.9 cm³/mol. The highest BCUT2D eigenvalue weighted by Crippen LogP contribution is 2.17. The second-order valence-electron chi connectivity index (χ2n) is 6.07. The Bertz CT molecular complexity index is 254. The summed E-state index contributed by atoms with van der Waals surface area (Å²) in [6.07, 6.45) is 8.27. The van der Waals surface area contributed by atoms with Gasteiger partial charge in [0.25, 0.3) is 0 Å². The largest absolute Gasteiger partial charge is 0.343 e. The molecule has 118 valence electrons. The van der Waals surface area contributed by atoms with Crippen LogP contribution in [0.25, 0.3) is 0 Å². The Balaban J connectivity index is 0.000000956. The summed E-state index contributed by atoms with van der Waals surface area (Å²) in [6.45, 7) is 11.9. The second-order valence-corrected chi connectivity index (χ2v) is 6.07. The van der Waals surface area contributed by atoms with Crippen molar-refractivity contribution in [3.8, 4) is 0 Å². The molecule has 0 aromatic heterocycles. The number of rotatable bonds is 4. The van der Waals surface area contributed by atoms with E-state index < -0.39 is 0 Å². The molecule has 2 aliphatic rings. The highest BCUT2D eigenvalue weighted by atomic mass is 16.2. The van der Waals surface area contributed by atoms with Gasteiger partial charge in [0.1, 0.15) is 0 Å². The number of hydrogen-bond donors (Lipinski definition) is 0. The molecule has 3 nitrogen and oxygen atoms in total. The van der Waals surface area contributed by atoms with Crippen molar-refractivity contribution in [2.45, 2.75) is 65.7 Å². The average molecular weight is 282 g/mol. The monoisotopic (exact) mass is 282 g/mol. The molecular formula is C17H34N2O. The Morgan fingerprint density at radius 2 is 1.60 bits per heavy atom. The zero-order valence-corrected chi connectivity index (χ0v) is 13.9. The molecule has 0 spiro atoms. The van der Waals surface area contributed by atoms with Crippen molar-refractivity contribution in [1.29, 1.82) is 0 Å². The normalized spacial score (nSPS) is 21.2. The van der Waals surface area contributed by atoms with Crippen LogP contribution >= 0.6 is 0 Å². The lowest BCUT2D eigenvalue weighted by molar-refractivity contribution is -0.132. The minimum absolute atomic E-state index is 0.388. The third-order valence-corrected chi connectivity index (χ3v) is 4.45. The van der Waals surface area contributed by atoms with Gasteiger partial charge in [-0.1, -0.05) is 27.2 Å². The third kappa shape index (κ3) is 6.25. The van der Waals surface area contributed by atoms with Crippen LogP contribution in [0.1, 0.15) is 65.7 Å². The van der Waals surface area contributed by atoms with Gasteiger partial charge in [-0.15, -0.1) is 0 Å². The summed E-state index contributed by atoms with van der Waals surface area (Å²) in [5.41, 5.74) is 0. The molecule has 2 rings (SSSR count). The van der Waals surface area contributed by atoms with Crippen molar-refractivity contribution in [3.05, 3.63) is 0 Å². The van der Waals surface area contributed by atoms with E-state index in [1.165, 1.54) is 45.2 Å². The van der Waals surface area contributed by atoms with Gasteiger partial charge in [-0.2, -0.15) is 0 Å². The van der Waals surface area contributed by atoms with Gasteiger partial charge < -0.3 is 9.80 Å². The van der Waals surface area contributed by atoms with E-state index in [4.69, 9.17) is 0 Å². The molecule has 1 amide bonds.